The molecule has 0 saturated carbocycles. The largest absolute Gasteiger partial charge is 0.324 e. The third-order valence-electron chi connectivity index (χ3n) is 5.93. The number of hydrogen-bond acceptors (Lipinski definition) is 8. The van der Waals surface area contributed by atoms with Crippen LogP contribution < -0.4 is 20.9 Å². The molecule has 0 unspecified atom stereocenters. The summed E-state index contributed by atoms with van der Waals surface area (Å²) in [6.07, 6.45) is 3.84. The molecule has 2 aliphatic heterocycles. The fraction of sp³-hybridized carbons (Fsp3) is 0.292. The zero-order valence-corrected chi connectivity index (χ0v) is 18.4. The Morgan fingerprint density at radius 1 is 1.18 bits per heavy atom. The Morgan fingerprint density at radius 2 is 2.09 bits per heavy atom. The van der Waals surface area contributed by atoms with E-state index >= 15 is 0 Å². The number of pyridine rings is 1. The molecule has 9 nitrogen and oxygen atoms in total. The fourth-order valence-electron chi connectivity index (χ4n) is 4.28. The average Bonchev–Trinajstić information content (AvgIpc) is 3.25. The molecule has 0 aliphatic carbocycles. The molecule has 0 atom stereocenters. The zero-order chi connectivity index (χ0) is 22.8. The van der Waals surface area contributed by atoms with E-state index in [4.69, 9.17) is 0 Å². The number of aromatic nitrogens is 3. The van der Waals surface area contributed by atoms with Crippen molar-refractivity contribution in [2.24, 2.45) is 0 Å². The van der Waals surface area contributed by atoms with Gasteiger partial charge in [-0.3, -0.25) is 9.69 Å². The van der Waals surface area contributed by atoms with E-state index in [1.165, 1.54) is 22.9 Å². The number of nitrogens with zero attached hydrogens (tertiary/aromatic N) is 5. The minimum absolute atomic E-state index is 0.0713. The lowest BCUT2D eigenvalue weighted by molar-refractivity contribution is -0.117. The number of nitrogens with one attached hydrogen (secondary N) is 3. The Balaban J connectivity index is 1.40. The van der Waals surface area contributed by atoms with E-state index in [1.807, 2.05) is 6.07 Å². The van der Waals surface area contributed by atoms with Gasteiger partial charge >= 0.3 is 0 Å². The molecule has 1 aromatic carbocycles. The number of amides is 1. The quantitative estimate of drug-likeness (QED) is 0.553. The maximum atomic E-state index is 12.1. The summed E-state index contributed by atoms with van der Waals surface area (Å²) in [5.74, 6) is 1.90. The number of carbonyl (C=O) groups excluding carboxylic acids is 1. The van der Waals surface area contributed by atoms with Gasteiger partial charge in [-0.25, -0.2) is 9.97 Å². The molecule has 166 valence electrons. The van der Waals surface area contributed by atoms with Crippen LogP contribution in [0.2, 0.25) is 0 Å². The molecule has 1 fully saturated rings. The van der Waals surface area contributed by atoms with Gasteiger partial charge in [0.15, 0.2) is 5.82 Å². The first-order valence-corrected chi connectivity index (χ1v) is 11.0. The molecule has 2 aliphatic rings. The van der Waals surface area contributed by atoms with E-state index in [9.17, 15) is 10.1 Å². The first-order chi connectivity index (χ1) is 16.1. The first-order valence-electron chi connectivity index (χ1n) is 11.0. The minimum Gasteiger partial charge on any atom is -0.324 e. The van der Waals surface area contributed by atoms with Crippen LogP contribution in [0.5, 0.6) is 0 Å². The molecule has 4 heterocycles. The van der Waals surface area contributed by atoms with Crippen molar-refractivity contribution in [3.63, 3.8) is 0 Å². The zero-order valence-electron chi connectivity index (χ0n) is 18.4. The molecule has 9 heteroatoms. The highest BCUT2D eigenvalue weighted by Gasteiger charge is 2.23. The van der Waals surface area contributed by atoms with Gasteiger partial charge < -0.3 is 16.0 Å². The van der Waals surface area contributed by atoms with E-state index in [0.717, 1.165) is 31.6 Å². The van der Waals surface area contributed by atoms with Crippen LogP contribution in [0.4, 0.5) is 29.1 Å². The van der Waals surface area contributed by atoms with Gasteiger partial charge in [0.1, 0.15) is 23.3 Å². The molecular weight excluding hydrogens is 416 g/mol. The van der Waals surface area contributed by atoms with Crippen LogP contribution in [0.1, 0.15) is 35.1 Å². The summed E-state index contributed by atoms with van der Waals surface area (Å²) in [5, 5.41) is 19.3. The number of carbonyl (C=O) groups is 1. The summed E-state index contributed by atoms with van der Waals surface area (Å²) in [6.45, 7) is 4.62. The summed E-state index contributed by atoms with van der Waals surface area (Å²) in [7, 11) is 0. The SMILES string of the molecule is Cc1cc(Nc2ncc(C#N)c(Nc3cccc(N4CCCC4=O)n3)n2)cc2c1CNCC2. The second-order valence-electron chi connectivity index (χ2n) is 8.21. The summed E-state index contributed by atoms with van der Waals surface area (Å²) in [6, 6.07) is 11.7. The van der Waals surface area contributed by atoms with Crippen LogP contribution in [-0.4, -0.2) is 33.9 Å². The van der Waals surface area contributed by atoms with Gasteiger partial charge in [0.05, 0.1) is 6.20 Å². The van der Waals surface area contributed by atoms with E-state index in [-0.39, 0.29) is 5.91 Å². The highest BCUT2D eigenvalue weighted by Crippen LogP contribution is 2.27. The van der Waals surface area contributed by atoms with Gasteiger partial charge in [0.2, 0.25) is 11.9 Å². The lowest BCUT2D eigenvalue weighted by atomic mass is 9.96. The van der Waals surface area contributed by atoms with Crippen LogP contribution >= 0.6 is 0 Å². The van der Waals surface area contributed by atoms with Crippen molar-refractivity contribution in [3.8, 4) is 6.07 Å². The van der Waals surface area contributed by atoms with Crippen LogP contribution in [-0.2, 0) is 17.8 Å². The molecule has 0 bridgehead atoms. The molecule has 33 heavy (non-hydrogen) atoms. The Hall–Kier alpha value is -4.03. The van der Waals surface area contributed by atoms with Gasteiger partial charge in [0.25, 0.3) is 0 Å². The van der Waals surface area contributed by atoms with Crippen molar-refractivity contribution in [2.75, 3.05) is 28.6 Å². The lowest BCUT2D eigenvalue weighted by Crippen LogP contribution is -2.24. The van der Waals surface area contributed by atoms with E-state index in [1.54, 1.807) is 17.0 Å². The number of hydrogen-bond donors (Lipinski definition) is 3. The normalized spacial score (nSPS) is 15.2. The van der Waals surface area contributed by atoms with Gasteiger partial charge in [-0.15, -0.1) is 0 Å². The molecule has 1 amide bonds. The Kier molecular flexibility index (Phi) is 5.59. The summed E-state index contributed by atoms with van der Waals surface area (Å²) in [4.78, 5) is 27.1. The molecule has 3 N–H and O–H groups in total. The topological polar surface area (TPSA) is 119 Å². The van der Waals surface area contributed by atoms with Crippen LogP contribution in [0.15, 0.2) is 36.5 Å². The predicted molar refractivity (Wildman–Crippen MR) is 126 cm³/mol. The van der Waals surface area contributed by atoms with E-state index < -0.39 is 0 Å². The number of anilines is 5. The highest BCUT2D eigenvalue weighted by molar-refractivity contribution is 5.94. The van der Waals surface area contributed by atoms with Gasteiger partial charge in [-0.1, -0.05) is 6.07 Å². The standard InChI is InChI=1S/C24H24N8O/c1-15-10-18(11-16-7-8-26-14-19(15)16)28-24-27-13-17(12-25)23(31-24)30-20-4-2-5-21(29-20)32-9-3-6-22(32)33/h2,4-5,10-11,13,26H,3,6-9,14H2,1H3,(H2,27,28,29,30,31). The second kappa shape index (κ2) is 8.84. The van der Waals surface area contributed by atoms with Gasteiger partial charge in [-0.2, -0.15) is 10.2 Å². The van der Waals surface area contributed by atoms with Crippen molar-refractivity contribution < 1.29 is 4.79 Å². The number of rotatable bonds is 5. The van der Waals surface area contributed by atoms with Crippen LogP contribution in [0, 0.1) is 18.3 Å². The third kappa shape index (κ3) is 4.33. The Bertz CT molecular complexity index is 1270. The van der Waals surface area contributed by atoms with Crippen molar-refractivity contribution in [3.05, 3.63) is 58.8 Å². The number of aryl methyl sites for hydroxylation is 1. The van der Waals surface area contributed by atoms with Gasteiger partial charge in [-0.05, 0) is 67.3 Å². The van der Waals surface area contributed by atoms with E-state index in [2.05, 4.69) is 56.0 Å². The molecular formula is C24H24N8O. The number of fused-ring (bicyclic) bond motifs is 1. The minimum atomic E-state index is 0.0713. The Morgan fingerprint density at radius 3 is 2.91 bits per heavy atom. The van der Waals surface area contributed by atoms with Crippen molar-refractivity contribution in [1.82, 2.24) is 20.3 Å². The second-order valence-corrected chi connectivity index (χ2v) is 8.21. The maximum absolute atomic E-state index is 12.1. The number of nitriles is 1. The molecule has 0 spiro atoms. The van der Waals surface area contributed by atoms with Crippen LogP contribution in [0.25, 0.3) is 0 Å². The summed E-state index contributed by atoms with van der Waals surface area (Å²) in [5.41, 5.74) is 5.10. The smallest absolute Gasteiger partial charge is 0.229 e. The van der Waals surface area contributed by atoms with E-state index in [0.29, 0.717) is 41.9 Å². The maximum Gasteiger partial charge on any atom is 0.229 e. The van der Waals surface area contributed by atoms with Crippen molar-refractivity contribution in [1.29, 1.82) is 5.26 Å². The van der Waals surface area contributed by atoms with Crippen molar-refractivity contribution in [2.45, 2.75) is 32.7 Å². The first kappa shape index (κ1) is 20.8. The van der Waals surface area contributed by atoms with Crippen LogP contribution in [0.3, 0.4) is 0 Å². The third-order valence-corrected chi connectivity index (χ3v) is 5.93. The molecule has 2 aromatic heterocycles. The number of benzene rings is 1. The lowest BCUT2D eigenvalue weighted by Gasteiger charge is -2.21. The Labute approximate surface area is 191 Å². The van der Waals surface area contributed by atoms with Crippen molar-refractivity contribution >= 4 is 35.0 Å². The highest BCUT2D eigenvalue weighted by atomic mass is 16.2. The molecule has 5 rings (SSSR count). The molecule has 0 radical (unpaired) electrons. The average molecular weight is 441 g/mol. The van der Waals surface area contributed by atoms with Gasteiger partial charge in [0, 0.05) is 25.2 Å². The summed E-state index contributed by atoms with van der Waals surface area (Å²) >= 11 is 0. The molecule has 1 saturated heterocycles. The fourth-order valence-corrected chi connectivity index (χ4v) is 4.28. The summed E-state index contributed by atoms with van der Waals surface area (Å²) < 4.78 is 0. The predicted octanol–water partition coefficient (Wildman–Crippen LogP) is 3.31. The monoisotopic (exact) mass is 440 g/mol. The molecule has 3 aromatic rings.